The van der Waals surface area contributed by atoms with Gasteiger partial charge in [-0.05, 0) is 134 Å². The van der Waals surface area contributed by atoms with Crippen molar-refractivity contribution in [1.29, 1.82) is 0 Å². The van der Waals surface area contributed by atoms with Gasteiger partial charge in [0.25, 0.3) is 0 Å². The summed E-state index contributed by atoms with van der Waals surface area (Å²) in [5.41, 5.74) is 38.9. The van der Waals surface area contributed by atoms with Crippen molar-refractivity contribution in [2.45, 2.75) is 270 Å². The SMILES string of the molecule is CC[C@H](C)[C@H](N)C(=O)N[C@@H](CCCN=C(N)N)C(=O)N[C@@H](CC(=O)O)C(=O)N[C@H](C(=O)N[C@@H](CC(C)C)C(=O)N[C@@H](CCCN=C(N)N)C(=O)N[C@@H](C)C(=O)N1CCC[C@H]1C(=O)N[C@H](C(=O)N[C@@H](CC(C)C)C(=O)N[C@@H](CCC(=O)O)C(=O)N[C@@H](C)C(=O)N[C@@H](CCSC)C(=O)N[C@@H](CCCN=C(N)N)C(=O)O)[C@@H](C)O)[C@@H](C)CC. The number of aliphatic hydroxyl groups is 1. The van der Waals surface area contributed by atoms with Crippen molar-refractivity contribution in [3.63, 3.8) is 0 Å². The molecule has 0 spiro atoms. The van der Waals surface area contributed by atoms with Gasteiger partial charge in [0.2, 0.25) is 76.8 Å². The van der Waals surface area contributed by atoms with E-state index in [4.69, 9.17) is 40.1 Å². The van der Waals surface area contributed by atoms with E-state index in [1.807, 2.05) is 6.92 Å². The number of likely N-dealkylation sites (tertiary alicyclic amines) is 1. The third-order valence-electron chi connectivity index (χ3n) is 18.7. The molecule has 0 radical (unpaired) electrons. The third-order valence-corrected chi connectivity index (χ3v) is 19.3. The highest BCUT2D eigenvalue weighted by molar-refractivity contribution is 7.98. The normalized spacial score (nSPS) is 16.7. The molecule has 0 bridgehead atoms. The van der Waals surface area contributed by atoms with Crippen molar-refractivity contribution in [3.8, 4) is 0 Å². The number of carbonyl (C=O) groups is 16. The molecule has 1 rings (SSSR count). The average molecular weight is 1660 g/mol. The molecule has 115 heavy (non-hydrogen) atoms. The molecule has 13 amide bonds. The molecule has 0 saturated carbocycles. The van der Waals surface area contributed by atoms with E-state index in [0.717, 1.165) is 11.8 Å². The number of aliphatic imine (C=N–C) groups is 3. The summed E-state index contributed by atoms with van der Waals surface area (Å²) in [5, 5.41) is 70.5. The Bertz CT molecular complexity index is 3370. The van der Waals surface area contributed by atoms with Crippen LogP contribution in [-0.2, 0) is 76.7 Å². The standard InChI is InChI=1S/C71H127N23O20S/c1-13-36(7)52(72)64(109)87-42(20-16-27-80-70(75)76)58(103)89-48(33-51(98)99)62(107)92-53(37(8)14-2)65(110)90-46(31-34(3)4)60(105)85-41(19-15-26-79-69(73)74)56(101)83-39(10)67(112)94-29-18-22-49(94)63(108)93-54(40(11)95)66(111)91-47(32-35(5)6)61(106)86-43(23-24-50(96)97)57(102)82-38(9)55(100)84-44(25-30-115-12)59(104)88-45(68(113)114)21-17-28-81-71(77)78/h34-49,52-54,95H,13-33,72H2,1-12H3,(H,82,102)(H,83,101)(H,84,100)(H,85,105)(H,86,106)(H,87,109)(H,88,104)(H,89,103)(H,90,110)(H,91,111)(H,92,107)(H,93,108)(H,96,97)(H,98,99)(H,113,114)(H4,73,74,79)(H4,75,76,80)(H4,77,78,81)/t36-,37-,38-,39-,40+,41-,42-,43-,44-,45-,46-,47-,48-,49-,52-,53-,54-/m0/s1. The van der Waals surface area contributed by atoms with E-state index in [2.05, 4.69) is 78.8 Å². The molecule has 44 heteroatoms. The Hall–Kier alpha value is -10.4. The molecular weight excluding hydrogens is 1530 g/mol. The fraction of sp³-hybridized carbons (Fsp3) is 0.732. The number of aliphatic carboxylic acids is 3. The third kappa shape index (κ3) is 39.0. The van der Waals surface area contributed by atoms with Crippen LogP contribution >= 0.6 is 11.8 Å². The van der Waals surface area contributed by atoms with Crippen LogP contribution in [-0.4, -0.2) is 267 Å². The Kier molecular flexibility index (Phi) is 47.2. The van der Waals surface area contributed by atoms with Gasteiger partial charge in [-0.3, -0.25) is 86.9 Å². The first-order valence-electron chi connectivity index (χ1n) is 38.5. The summed E-state index contributed by atoms with van der Waals surface area (Å²) < 4.78 is 0. The molecule has 0 aromatic heterocycles. The molecule has 1 aliphatic heterocycles. The number of nitrogens with zero attached hydrogens (tertiary/aromatic N) is 4. The molecule has 652 valence electrons. The number of rotatable bonds is 55. The van der Waals surface area contributed by atoms with Gasteiger partial charge < -0.3 is 129 Å². The van der Waals surface area contributed by atoms with Crippen molar-refractivity contribution in [2.24, 2.45) is 78.8 Å². The number of carbonyl (C=O) groups excluding carboxylic acids is 13. The summed E-state index contributed by atoms with van der Waals surface area (Å²) in [6.45, 7) is 17.3. The van der Waals surface area contributed by atoms with Gasteiger partial charge in [-0.1, -0.05) is 68.2 Å². The first-order chi connectivity index (χ1) is 53.8. The van der Waals surface area contributed by atoms with E-state index in [-0.39, 0.29) is 139 Å². The second kappa shape index (κ2) is 52.9. The zero-order chi connectivity index (χ0) is 87.7. The van der Waals surface area contributed by atoms with E-state index < -0.39 is 211 Å². The molecule has 0 unspecified atom stereocenters. The lowest BCUT2D eigenvalue weighted by Gasteiger charge is -2.31. The number of nitrogens with two attached hydrogens (primary N) is 7. The quantitative estimate of drug-likeness (QED) is 0.0153. The largest absolute Gasteiger partial charge is 0.481 e. The van der Waals surface area contributed by atoms with E-state index in [1.165, 1.54) is 25.6 Å². The number of aliphatic hydroxyl groups excluding tert-OH is 1. The Morgan fingerprint density at radius 1 is 0.435 bits per heavy atom. The summed E-state index contributed by atoms with van der Waals surface area (Å²) in [4.78, 5) is 232. The molecular formula is C71H127N23O20S. The number of hydrogen-bond acceptors (Lipinski definition) is 22. The van der Waals surface area contributed by atoms with Crippen LogP contribution in [0.5, 0.6) is 0 Å². The molecule has 0 aromatic rings. The minimum atomic E-state index is -1.83. The van der Waals surface area contributed by atoms with Crippen LogP contribution in [0.2, 0.25) is 0 Å². The molecule has 0 aromatic carbocycles. The Balaban J connectivity index is 3.53. The molecule has 1 saturated heterocycles. The highest BCUT2D eigenvalue weighted by atomic mass is 32.2. The van der Waals surface area contributed by atoms with E-state index >= 15 is 0 Å². The number of carboxylic acids is 3. The number of nitrogens with one attached hydrogen (secondary N) is 12. The van der Waals surface area contributed by atoms with Crippen LogP contribution in [0.4, 0.5) is 0 Å². The summed E-state index contributed by atoms with van der Waals surface area (Å²) in [5.74, 6) is -18.6. The summed E-state index contributed by atoms with van der Waals surface area (Å²) in [7, 11) is 0. The summed E-state index contributed by atoms with van der Waals surface area (Å²) in [6.07, 6.45) is -1.28. The monoisotopic (exact) mass is 1650 g/mol. The van der Waals surface area contributed by atoms with Crippen molar-refractivity contribution < 1.29 is 97.1 Å². The van der Waals surface area contributed by atoms with Crippen molar-refractivity contribution in [3.05, 3.63) is 0 Å². The topological polar surface area (TPSA) is 721 Å². The molecule has 1 fully saturated rings. The zero-order valence-electron chi connectivity index (χ0n) is 67.9. The second-order valence-electron chi connectivity index (χ2n) is 29.4. The number of thioether (sulfide) groups is 1. The maximum atomic E-state index is 14.5. The lowest BCUT2D eigenvalue weighted by Crippen LogP contribution is -2.62. The predicted molar refractivity (Wildman–Crippen MR) is 426 cm³/mol. The van der Waals surface area contributed by atoms with Crippen LogP contribution in [0.25, 0.3) is 0 Å². The number of hydrogen-bond donors (Lipinski definition) is 23. The van der Waals surface area contributed by atoms with E-state index in [0.29, 0.717) is 12.2 Å². The molecule has 43 nitrogen and oxygen atoms in total. The van der Waals surface area contributed by atoms with E-state index in [9.17, 15) is 97.1 Å². The van der Waals surface area contributed by atoms with Gasteiger partial charge in [0.05, 0.1) is 18.6 Å². The van der Waals surface area contributed by atoms with Crippen LogP contribution in [0.15, 0.2) is 15.0 Å². The molecule has 0 aliphatic carbocycles. The predicted octanol–water partition coefficient (Wildman–Crippen LogP) is -5.93. The first kappa shape index (κ1) is 103. The minimum absolute atomic E-state index is 0.0166. The van der Waals surface area contributed by atoms with Crippen molar-refractivity contribution in [2.75, 3.05) is 38.2 Å². The van der Waals surface area contributed by atoms with Crippen molar-refractivity contribution in [1.82, 2.24) is 68.7 Å². The van der Waals surface area contributed by atoms with Gasteiger partial charge in [-0.25, -0.2) is 4.79 Å². The van der Waals surface area contributed by atoms with Crippen LogP contribution in [0.3, 0.4) is 0 Å². The maximum absolute atomic E-state index is 14.5. The van der Waals surface area contributed by atoms with Crippen LogP contribution in [0, 0.1) is 23.7 Å². The smallest absolute Gasteiger partial charge is 0.326 e. The fourth-order valence-electron chi connectivity index (χ4n) is 11.7. The van der Waals surface area contributed by atoms with Crippen molar-refractivity contribution >= 4 is 124 Å². The van der Waals surface area contributed by atoms with Gasteiger partial charge in [0.1, 0.15) is 78.5 Å². The number of amides is 13. The second-order valence-corrected chi connectivity index (χ2v) is 30.4. The van der Waals surface area contributed by atoms with Gasteiger partial charge in [0.15, 0.2) is 17.9 Å². The van der Waals surface area contributed by atoms with Crippen LogP contribution < -0.4 is 104 Å². The minimum Gasteiger partial charge on any atom is -0.481 e. The van der Waals surface area contributed by atoms with Gasteiger partial charge in [0, 0.05) is 32.6 Å². The van der Waals surface area contributed by atoms with Gasteiger partial charge >= 0.3 is 17.9 Å². The van der Waals surface area contributed by atoms with Gasteiger partial charge in [-0.15, -0.1) is 0 Å². The summed E-state index contributed by atoms with van der Waals surface area (Å²) >= 11 is 1.32. The van der Waals surface area contributed by atoms with Gasteiger partial charge in [-0.2, -0.15) is 11.8 Å². The average Bonchev–Trinajstić information content (AvgIpc) is 1.68. The fourth-order valence-corrected chi connectivity index (χ4v) is 12.2. The Labute approximate surface area is 674 Å². The maximum Gasteiger partial charge on any atom is 0.326 e. The number of guanidine groups is 3. The Morgan fingerprint density at radius 2 is 0.817 bits per heavy atom. The lowest BCUT2D eigenvalue weighted by atomic mass is 9.96. The zero-order valence-corrected chi connectivity index (χ0v) is 68.7. The molecule has 17 atom stereocenters. The first-order valence-corrected chi connectivity index (χ1v) is 39.9. The van der Waals surface area contributed by atoms with E-state index in [1.54, 1.807) is 54.7 Å². The lowest BCUT2D eigenvalue weighted by molar-refractivity contribution is -0.143. The number of carboxylic acid groups (broad SMARTS) is 3. The molecule has 1 aliphatic rings. The highest BCUT2D eigenvalue weighted by Crippen LogP contribution is 2.21. The molecule has 30 N–H and O–H groups in total. The molecule has 1 heterocycles. The Morgan fingerprint density at radius 3 is 1.24 bits per heavy atom. The summed E-state index contributed by atoms with van der Waals surface area (Å²) in [6, 6.07) is -20.5. The highest BCUT2D eigenvalue weighted by Gasteiger charge is 2.42. The van der Waals surface area contributed by atoms with Crippen LogP contribution in [0.1, 0.15) is 179 Å².